The normalized spacial score (nSPS) is 16.4. The average molecular weight is 477 g/mol. The van der Waals surface area contributed by atoms with E-state index in [4.69, 9.17) is 5.26 Å². The highest BCUT2D eigenvalue weighted by molar-refractivity contribution is 5.97. The largest absolute Gasteiger partial charge is 0.340 e. The van der Waals surface area contributed by atoms with Crippen LogP contribution in [0.5, 0.6) is 0 Å². The Morgan fingerprint density at radius 2 is 1.94 bits per heavy atom. The molecule has 0 bridgehead atoms. The number of hydrogen-bond donors (Lipinski definition) is 0. The van der Waals surface area contributed by atoms with Crippen molar-refractivity contribution in [2.24, 2.45) is 5.92 Å². The van der Waals surface area contributed by atoms with Crippen LogP contribution >= 0.6 is 0 Å². The predicted molar refractivity (Wildman–Crippen MR) is 140 cm³/mol. The summed E-state index contributed by atoms with van der Waals surface area (Å²) in [6, 6.07) is 18.4. The zero-order valence-electron chi connectivity index (χ0n) is 20.6. The Balaban J connectivity index is 1.35. The summed E-state index contributed by atoms with van der Waals surface area (Å²) >= 11 is 0. The van der Waals surface area contributed by atoms with E-state index in [1.807, 2.05) is 41.6 Å². The minimum absolute atomic E-state index is 0.0949. The van der Waals surface area contributed by atoms with E-state index in [0.717, 1.165) is 65.5 Å². The molecule has 2 aliphatic heterocycles. The van der Waals surface area contributed by atoms with Crippen molar-refractivity contribution in [3.05, 3.63) is 78.2 Å². The number of carbonyl (C=O) groups is 1. The third kappa shape index (κ3) is 3.80. The van der Waals surface area contributed by atoms with E-state index in [1.165, 1.54) is 0 Å². The van der Waals surface area contributed by atoms with Gasteiger partial charge in [-0.2, -0.15) is 5.26 Å². The summed E-state index contributed by atoms with van der Waals surface area (Å²) in [6.45, 7) is 2.38. The highest BCUT2D eigenvalue weighted by Crippen LogP contribution is 2.36. The number of fused-ring (bicyclic) bond motifs is 5. The molecule has 2 aromatic heterocycles. The molecule has 0 radical (unpaired) electrons. The second-order valence-electron chi connectivity index (χ2n) is 9.93. The maximum Gasteiger partial charge on any atom is 0.230 e. The van der Waals surface area contributed by atoms with Crippen molar-refractivity contribution in [2.45, 2.75) is 19.4 Å². The van der Waals surface area contributed by atoms with Crippen LogP contribution in [0.4, 0.5) is 5.69 Å². The monoisotopic (exact) mass is 476 g/mol. The van der Waals surface area contributed by atoms with Gasteiger partial charge in [0.2, 0.25) is 5.91 Å². The van der Waals surface area contributed by atoms with E-state index in [0.29, 0.717) is 12.1 Å². The van der Waals surface area contributed by atoms with Crippen molar-refractivity contribution in [1.82, 2.24) is 19.0 Å². The fourth-order valence-corrected chi connectivity index (χ4v) is 5.37. The lowest BCUT2D eigenvalue weighted by Gasteiger charge is -2.20. The van der Waals surface area contributed by atoms with Gasteiger partial charge in [0.05, 0.1) is 23.0 Å². The molecule has 0 unspecified atom stereocenters. The van der Waals surface area contributed by atoms with E-state index in [-0.39, 0.29) is 11.8 Å². The molecule has 0 aliphatic carbocycles. The summed E-state index contributed by atoms with van der Waals surface area (Å²) in [6.07, 6.45) is 7.78. The second kappa shape index (κ2) is 8.81. The number of aromatic nitrogens is 3. The Kier molecular flexibility index (Phi) is 5.46. The molecule has 7 heteroatoms. The van der Waals surface area contributed by atoms with E-state index >= 15 is 0 Å². The summed E-state index contributed by atoms with van der Waals surface area (Å²) in [5, 5.41) is 9.13. The molecule has 1 amide bonds. The molecule has 2 aromatic carbocycles. The molecule has 0 saturated carbocycles. The number of benzene rings is 2. The quantitative estimate of drug-likeness (QED) is 0.373. The second-order valence-corrected chi connectivity index (χ2v) is 9.93. The van der Waals surface area contributed by atoms with Crippen LogP contribution < -0.4 is 4.90 Å². The molecule has 0 spiro atoms. The van der Waals surface area contributed by atoms with Crippen LogP contribution in [0.1, 0.15) is 24.0 Å². The lowest BCUT2D eigenvalue weighted by Crippen LogP contribution is -2.28. The summed E-state index contributed by atoms with van der Waals surface area (Å²) in [5.41, 5.74) is 7.05. The van der Waals surface area contributed by atoms with Gasteiger partial charge in [0.25, 0.3) is 0 Å². The molecule has 6 rings (SSSR count). The van der Waals surface area contributed by atoms with Gasteiger partial charge in [0.15, 0.2) is 5.82 Å². The summed E-state index contributed by atoms with van der Waals surface area (Å²) in [5.74, 6) is 1.22. The number of amides is 1. The van der Waals surface area contributed by atoms with Crippen molar-refractivity contribution >= 4 is 11.6 Å². The molecule has 180 valence electrons. The Hall–Kier alpha value is -4.15. The van der Waals surface area contributed by atoms with Gasteiger partial charge < -0.3 is 14.4 Å². The SMILES string of the molecule is CN(C)CC[C@H]1CCN(c2ccc3c(c2)Cn2cc(-c4ccc(C#N)cc4)cc2-c2nccn2-3)C1=O. The van der Waals surface area contributed by atoms with Crippen LogP contribution in [0.2, 0.25) is 0 Å². The summed E-state index contributed by atoms with van der Waals surface area (Å²) in [4.78, 5) is 22.0. The topological polar surface area (TPSA) is 70.1 Å². The fraction of sp³-hybridized carbons (Fsp3) is 0.276. The maximum atomic E-state index is 13.2. The van der Waals surface area contributed by atoms with Crippen LogP contribution in [-0.2, 0) is 11.3 Å². The molecule has 4 aromatic rings. The minimum Gasteiger partial charge on any atom is -0.340 e. The molecule has 36 heavy (non-hydrogen) atoms. The van der Waals surface area contributed by atoms with Crippen LogP contribution in [0.15, 0.2) is 67.1 Å². The van der Waals surface area contributed by atoms with Crippen molar-refractivity contribution < 1.29 is 4.79 Å². The molecule has 2 aliphatic rings. The van der Waals surface area contributed by atoms with Gasteiger partial charge in [-0.25, -0.2) is 4.98 Å². The van der Waals surface area contributed by atoms with Gasteiger partial charge in [-0.05, 0) is 81.0 Å². The molecular formula is C29H28N6O. The van der Waals surface area contributed by atoms with Crippen LogP contribution in [0, 0.1) is 17.2 Å². The Morgan fingerprint density at radius 3 is 2.72 bits per heavy atom. The molecule has 1 fully saturated rings. The molecule has 4 heterocycles. The van der Waals surface area contributed by atoms with Gasteiger partial charge in [0, 0.05) is 48.8 Å². The van der Waals surface area contributed by atoms with Gasteiger partial charge in [-0.3, -0.25) is 9.36 Å². The van der Waals surface area contributed by atoms with Crippen molar-refractivity contribution in [2.75, 3.05) is 32.1 Å². The first kappa shape index (κ1) is 22.3. The standard InChI is InChI=1S/C29H28N6O/c1-32(2)12-9-22-10-13-34(29(22)36)25-7-8-26-24(15-25)19-33-18-23(21-5-3-20(17-30)4-6-21)16-27(33)28-31-11-14-35(26)28/h3-8,11,14-16,18,22H,9-10,12-13,19H2,1-2H3/t22-/m0/s1. The predicted octanol–water partition coefficient (Wildman–Crippen LogP) is 4.55. The van der Waals surface area contributed by atoms with E-state index < -0.39 is 0 Å². The molecule has 7 nitrogen and oxygen atoms in total. The van der Waals surface area contributed by atoms with E-state index in [1.54, 1.807) is 0 Å². The van der Waals surface area contributed by atoms with Gasteiger partial charge in [-0.15, -0.1) is 0 Å². The van der Waals surface area contributed by atoms with Crippen molar-refractivity contribution in [3.63, 3.8) is 0 Å². The number of nitrogens with zero attached hydrogens (tertiary/aromatic N) is 6. The summed E-state index contributed by atoms with van der Waals surface area (Å²) in [7, 11) is 4.10. The molecular weight excluding hydrogens is 448 g/mol. The Labute approximate surface area is 210 Å². The number of rotatable bonds is 5. The van der Waals surface area contributed by atoms with Gasteiger partial charge in [0.1, 0.15) is 0 Å². The van der Waals surface area contributed by atoms with Gasteiger partial charge in [-0.1, -0.05) is 12.1 Å². The Morgan fingerprint density at radius 1 is 1.11 bits per heavy atom. The van der Waals surface area contributed by atoms with Crippen molar-refractivity contribution in [1.29, 1.82) is 5.26 Å². The summed E-state index contributed by atoms with van der Waals surface area (Å²) < 4.78 is 4.36. The number of anilines is 1. The number of nitriles is 1. The third-order valence-electron chi connectivity index (χ3n) is 7.33. The van der Waals surface area contributed by atoms with E-state index in [2.05, 4.69) is 69.6 Å². The first-order chi connectivity index (χ1) is 17.5. The number of hydrogen-bond acceptors (Lipinski definition) is 4. The minimum atomic E-state index is 0.0949. The number of carbonyl (C=O) groups excluding carboxylic acids is 1. The average Bonchev–Trinajstić information content (AvgIpc) is 3.60. The van der Waals surface area contributed by atoms with Crippen LogP contribution in [-0.4, -0.2) is 52.1 Å². The number of imidazole rings is 1. The van der Waals surface area contributed by atoms with Gasteiger partial charge >= 0.3 is 0 Å². The third-order valence-corrected chi connectivity index (χ3v) is 7.33. The fourth-order valence-electron chi connectivity index (χ4n) is 5.37. The molecule has 1 atom stereocenters. The van der Waals surface area contributed by atoms with Crippen LogP contribution in [0.3, 0.4) is 0 Å². The zero-order valence-corrected chi connectivity index (χ0v) is 20.6. The van der Waals surface area contributed by atoms with E-state index in [9.17, 15) is 4.79 Å². The smallest absolute Gasteiger partial charge is 0.230 e. The molecule has 1 saturated heterocycles. The zero-order chi connectivity index (χ0) is 24.8. The first-order valence-corrected chi connectivity index (χ1v) is 12.4. The molecule has 0 N–H and O–H groups in total. The van der Waals surface area contributed by atoms with Crippen molar-refractivity contribution in [3.8, 4) is 34.4 Å². The Bertz CT molecular complexity index is 1490. The highest BCUT2D eigenvalue weighted by atomic mass is 16.2. The lowest BCUT2D eigenvalue weighted by molar-refractivity contribution is -0.120. The lowest BCUT2D eigenvalue weighted by atomic mass is 10.0. The van der Waals surface area contributed by atoms with Crippen LogP contribution in [0.25, 0.3) is 28.3 Å². The maximum absolute atomic E-state index is 13.2. The first-order valence-electron chi connectivity index (χ1n) is 12.4. The highest BCUT2D eigenvalue weighted by Gasteiger charge is 2.33.